The predicted molar refractivity (Wildman–Crippen MR) is 62.6 cm³/mol. The molecular formula is C13H21NO. The third-order valence-electron chi connectivity index (χ3n) is 2.57. The van der Waals surface area contributed by atoms with Gasteiger partial charge in [-0.15, -0.1) is 0 Å². The molecule has 0 aliphatic rings. The summed E-state index contributed by atoms with van der Waals surface area (Å²) >= 11 is 0. The van der Waals surface area contributed by atoms with Gasteiger partial charge in [0, 0.05) is 17.5 Å². The molecule has 0 amide bonds. The van der Waals surface area contributed by atoms with Crippen molar-refractivity contribution in [3.8, 4) is 0 Å². The molecule has 0 fully saturated rings. The third kappa shape index (κ3) is 4.00. The lowest BCUT2D eigenvalue weighted by Crippen LogP contribution is -2.09. The van der Waals surface area contributed by atoms with E-state index in [0.29, 0.717) is 0 Å². The van der Waals surface area contributed by atoms with Crippen molar-refractivity contribution in [3.05, 3.63) is 29.6 Å². The summed E-state index contributed by atoms with van der Waals surface area (Å²) < 4.78 is 0. The van der Waals surface area contributed by atoms with Crippen LogP contribution in [0.2, 0.25) is 0 Å². The summed E-state index contributed by atoms with van der Waals surface area (Å²) in [7, 11) is 0. The van der Waals surface area contributed by atoms with E-state index >= 15 is 0 Å². The first-order valence-corrected chi connectivity index (χ1v) is 5.50. The van der Waals surface area contributed by atoms with Crippen molar-refractivity contribution in [3.63, 3.8) is 0 Å². The van der Waals surface area contributed by atoms with Crippen LogP contribution in [0.5, 0.6) is 0 Å². The largest absolute Gasteiger partial charge is 0.388 e. The zero-order valence-corrected chi connectivity index (χ0v) is 10.1. The van der Waals surface area contributed by atoms with Crippen LogP contribution in [-0.2, 0) is 0 Å². The van der Waals surface area contributed by atoms with Gasteiger partial charge in [0.05, 0.1) is 6.10 Å². The van der Waals surface area contributed by atoms with E-state index in [1.807, 2.05) is 19.1 Å². The Balaban J connectivity index is 2.62. The first-order valence-electron chi connectivity index (χ1n) is 5.50. The van der Waals surface area contributed by atoms with Gasteiger partial charge in [-0.2, -0.15) is 0 Å². The van der Waals surface area contributed by atoms with E-state index in [4.69, 9.17) is 0 Å². The first kappa shape index (κ1) is 12.2. The van der Waals surface area contributed by atoms with Crippen molar-refractivity contribution in [2.24, 2.45) is 5.41 Å². The number of aliphatic hydroxyl groups excluding tert-OH is 1. The standard InChI is InChI=1S/C13H21NO/c1-10-11(6-5-9-14-10)12(15)7-8-13(2,3)4/h5-6,9,12,15H,7-8H2,1-4H3/t12-/m0/s1. The average Bonchev–Trinajstić information content (AvgIpc) is 2.14. The molecule has 0 aliphatic heterocycles. The van der Waals surface area contributed by atoms with Gasteiger partial charge in [0.2, 0.25) is 0 Å². The molecule has 0 radical (unpaired) electrons. The summed E-state index contributed by atoms with van der Waals surface area (Å²) in [5, 5.41) is 10.0. The number of hydrogen-bond donors (Lipinski definition) is 1. The molecule has 84 valence electrons. The molecule has 1 atom stereocenters. The van der Waals surface area contributed by atoms with Crippen LogP contribution >= 0.6 is 0 Å². The smallest absolute Gasteiger partial charge is 0.0807 e. The Morgan fingerprint density at radius 2 is 2.07 bits per heavy atom. The molecule has 0 saturated heterocycles. The highest BCUT2D eigenvalue weighted by molar-refractivity contribution is 5.20. The Morgan fingerprint density at radius 3 is 2.60 bits per heavy atom. The highest BCUT2D eigenvalue weighted by Crippen LogP contribution is 2.27. The second-order valence-corrected chi connectivity index (χ2v) is 5.29. The molecule has 0 unspecified atom stereocenters. The molecule has 1 aromatic heterocycles. The highest BCUT2D eigenvalue weighted by atomic mass is 16.3. The minimum absolute atomic E-state index is 0.275. The van der Waals surface area contributed by atoms with Gasteiger partial charge >= 0.3 is 0 Å². The number of hydrogen-bond acceptors (Lipinski definition) is 2. The summed E-state index contributed by atoms with van der Waals surface area (Å²) in [5.41, 5.74) is 2.16. The van der Waals surface area contributed by atoms with Crippen molar-refractivity contribution >= 4 is 0 Å². The Bertz CT molecular complexity index is 315. The van der Waals surface area contributed by atoms with Crippen LogP contribution < -0.4 is 0 Å². The number of pyridine rings is 1. The Morgan fingerprint density at radius 1 is 1.40 bits per heavy atom. The van der Waals surface area contributed by atoms with Gasteiger partial charge in [0.25, 0.3) is 0 Å². The molecule has 0 spiro atoms. The van der Waals surface area contributed by atoms with Crippen LogP contribution in [-0.4, -0.2) is 10.1 Å². The molecule has 0 bridgehead atoms. The summed E-state index contributed by atoms with van der Waals surface area (Å²) in [5.74, 6) is 0. The van der Waals surface area contributed by atoms with Gasteiger partial charge in [-0.25, -0.2) is 0 Å². The summed E-state index contributed by atoms with van der Waals surface area (Å²) in [4.78, 5) is 4.18. The molecule has 0 saturated carbocycles. The highest BCUT2D eigenvalue weighted by Gasteiger charge is 2.16. The number of nitrogens with zero attached hydrogens (tertiary/aromatic N) is 1. The fraction of sp³-hybridized carbons (Fsp3) is 0.615. The summed E-state index contributed by atoms with van der Waals surface area (Å²) in [6.07, 6.45) is 3.20. The second-order valence-electron chi connectivity index (χ2n) is 5.29. The van der Waals surface area contributed by atoms with E-state index in [-0.39, 0.29) is 11.5 Å². The normalized spacial score (nSPS) is 13.9. The van der Waals surface area contributed by atoms with Gasteiger partial charge in [0.1, 0.15) is 0 Å². The molecule has 1 N–H and O–H groups in total. The maximum absolute atomic E-state index is 10.0. The minimum atomic E-state index is -0.377. The van der Waals surface area contributed by atoms with Crippen molar-refractivity contribution in [2.75, 3.05) is 0 Å². The lowest BCUT2D eigenvalue weighted by atomic mass is 9.88. The molecule has 2 heteroatoms. The van der Waals surface area contributed by atoms with Crippen LogP contribution in [0.25, 0.3) is 0 Å². The van der Waals surface area contributed by atoms with Gasteiger partial charge in [-0.05, 0) is 31.2 Å². The lowest BCUT2D eigenvalue weighted by Gasteiger charge is -2.21. The maximum Gasteiger partial charge on any atom is 0.0807 e. The van der Waals surface area contributed by atoms with Crippen molar-refractivity contribution in [1.29, 1.82) is 0 Å². The number of aliphatic hydroxyl groups is 1. The molecular weight excluding hydrogens is 186 g/mol. The molecule has 15 heavy (non-hydrogen) atoms. The summed E-state index contributed by atoms with van der Waals surface area (Å²) in [6.45, 7) is 8.51. The van der Waals surface area contributed by atoms with Crippen molar-refractivity contribution < 1.29 is 5.11 Å². The van der Waals surface area contributed by atoms with Crippen molar-refractivity contribution in [2.45, 2.75) is 46.6 Å². The lowest BCUT2D eigenvalue weighted by molar-refractivity contribution is 0.146. The van der Waals surface area contributed by atoms with Crippen LogP contribution in [0.3, 0.4) is 0 Å². The molecule has 0 aromatic carbocycles. The molecule has 1 aromatic rings. The second kappa shape index (κ2) is 4.75. The van der Waals surface area contributed by atoms with Crippen LogP contribution in [0.1, 0.15) is 51.0 Å². The fourth-order valence-electron chi connectivity index (χ4n) is 1.57. The van der Waals surface area contributed by atoms with Gasteiger partial charge < -0.3 is 5.11 Å². The SMILES string of the molecule is Cc1ncccc1[C@@H](O)CCC(C)(C)C. The van der Waals surface area contributed by atoms with E-state index < -0.39 is 0 Å². The first-order chi connectivity index (χ1) is 6.90. The van der Waals surface area contributed by atoms with Gasteiger partial charge in [-0.1, -0.05) is 26.8 Å². The van der Waals surface area contributed by atoms with E-state index in [9.17, 15) is 5.11 Å². The third-order valence-corrected chi connectivity index (χ3v) is 2.57. The number of aromatic nitrogens is 1. The van der Waals surface area contributed by atoms with Crippen LogP contribution in [0.4, 0.5) is 0 Å². The number of rotatable bonds is 3. The molecule has 2 nitrogen and oxygen atoms in total. The Kier molecular flexibility index (Phi) is 3.86. The van der Waals surface area contributed by atoms with Crippen LogP contribution in [0, 0.1) is 12.3 Å². The maximum atomic E-state index is 10.0. The van der Waals surface area contributed by atoms with E-state index in [2.05, 4.69) is 25.8 Å². The summed E-state index contributed by atoms with van der Waals surface area (Å²) in [6, 6.07) is 3.83. The van der Waals surface area contributed by atoms with E-state index in [1.165, 1.54) is 0 Å². The zero-order chi connectivity index (χ0) is 11.5. The van der Waals surface area contributed by atoms with Crippen LogP contribution in [0.15, 0.2) is 18.3 Å². The van der Waals surface area contributed by atoms with Gasteiger partial charge in [0.15, 0.2) is 0 Å². The topological polar surface area (TPSA) is 33.1 Å². The Labute approximate surface area is 92.4 Å². The predicted octanol–water partition coefficient (Wildman–Crippen LogP) is 3.25. The monoisotopic (exact) mass is 207 g/mol. The molecule has 1 heterocycles. The molecule has 0 aliphatic carbocycles. The zero-order valence-electron chi connectivity index (χ0n) is 10.1. The van der Waals surface area contributed by atoms with E-state index in [1.54, 1.807) is 6.20 Å². The minimum Gasteiger partial charge on any atom is -0.388 e. The number of aryl methyl sites for hydroxylation is 1. The van der Waals surface area contributed by atoms with E-state index in [0.717, 1.165) is 24.1 Å². The van der Waals surface area contributed by atoms with Gasteiger partial charge in [-0.3, -0.25) is 4.98 Å². The van der Waals surface area contributed by atoms with Crippen molar-refractivity contribution in [1.82, 2.24) is 4.98 Å². The quantitative estimate of drug-likeness (QED) is 0.825. The fourth-order valence-corrected chi connectivity index (χ4v) is 1.57. The Hall–Kier alpha value is -0.890. The average molecular weight is 207 g/mol. The molecule has 1 rings (SSSR count).